The van der Waals surface area contributed by atoms with Crippen LogP contribution in [0.3, 0.4) is 0 Å². The van der Waals surface area contributed by atoms with Gasteiger partial charge in [-0.1, -0.05) is 42.5 Å². The zero-order chi connectivity index (χ0) is 22.2. The van der Waals surface area contributed by atoms with Gasteiger partial charge in [0, 0.05) is 10.5 Å². The van der Waals surface area contributed by atoms with E-state index in [1.807, 2.05) is 0 Å². The van der Waals surface area contributed by atoms with Crippen LogP contribution in [0.2, 0.25) is 0 Å². The zero-order valence-corrected chi connectivity index (χ0v) is 16.3. The summed E-state index contributed by atoms with van der Waals surface area (Å²) in [6, 6.07) is 20.9. The fourth-order valence-corrected chi connectivity index (χ4v) is 2.80. The van der Waals surface area contributed by atoms with Crippen molar-refractivity contribution < 1.29 is 29.1 Å². The van der Waals surface area contributed by atoms with E-state index >= 15 is 0 Å². The third-order valence-electron chi connectivity index (χ3n) is 4.37. The Morgan fingerprint density at radius 1 is 0.903 bits per heavy atom. The van der Waals surface area contributed by atoms with E-state index in [4.69, 9.17) is 9.47 Å². The van der Waals surface area contributed by atoms with Crippen LogP contribution in [0, 0.1) is 10.1 Å². The highest BCUT2D eigenvalue weighted by Gasteiger charge is 2.19. The molecule has 0 saturated heterocycles. The normalized spacial score (nSPS) is 11.4. The Labute approximate surface area is 177 Å². The van der Waals surface area contributed by atoms with Crippen molar-refractivity contribution in [3.8, 4) is 5.75 Å². The van der Waals surface area contributed by atoms with Gasteiger partial charge in [-0.25, -0.2) is 9.59 Å². The number of aliphatic hydroxyl groups is 1. The second-order valence-corrected chi connectivity index (χ2v) is 6.60. The van der Waals surface area contributed by atoms with Gasteiger partial charge in [-0.15, -0.1) is 0 Å². The molecule has 3 aromatic rings. The minimum absolute atomic E-state index is 0.117. The molecule has 0 radical (unpaired) electrons. The molecule has 31 heavy (non-hydrogen) atoms. The molecule has 0 heterocycles. The predicted octanol–water partition coefficient (Wildman–Crippen LogP) is 3.57. The number of hydrogen-bond acceptors (Lipinski definition) is 7. The fourth-order valence-electron chi connectivity index (χ4n) is 2.80. The standard InChI is InChI=1S/C23H19NO7/c25-20(14-24(28)29)18-11-12-21(31-23(27)17-9-5-2-6-10-17)19(13-18)15-30-22(26)16-7-3-1-4-8-16/h1-13,20,25H,14-15H2. The molecule has 1 unspecified atom stereocenters. The molecular formula is C23H19NO7. The van der Waals surface area contributed by atoms with Crippen LogP contribution in [-0.4, -0.2) is 28.5 Å². The van der Waals surface area contributed by atoms with Gasteiger partial charge in [0.1, 0.15) is 18.5 Å². The smallest absolute Gasteiger partial charge is 0.343 e. The van der Waals surface area contributed by atoms with Crippen LogP contribution in [0.1, 0.15) is 37.9 Å². The lowest BCUT2D eigenvalue weighted by Crippen LogP contribution is -2.14. The maximum atomic E-state index is 12.4. The maximum Gasteiger partial charge on any atom is 0.343 e. The van der Waals surface area contributed by atoms with Crippen LogP contribution in [0.15, 0.2) is 78.9 Å². The van der Waals surface area contributed by atoms with Crippen LogP contribution < -0.4 is 4.74 Å². The molecule has 0 aliphatic rings. The van der Waals surface area contributed by atoms with Gasteiger partial charge >= 0.3 is 11.9 Å². The molecule has 0 aliphatic carbocycles. The summed E-state index contributed by atoms with van der Waals surface area (Å²) in [5.41, 5.74) is 1.19. The van der Waals surface area contributed by atoms with Crippen LogP contribution in [0.4, 0.5) is 0 Å². The topological polar surface area (TPSA) is 116 Å². The van der Waals surface area contributed by atoms with Gasteiger partial charge in [-0.05, 0) is 42.0 Å². The van der Waals surface area contributed by atoms with Crippen LogP contribution >= 0.6 is 0 Å². The van der Waals surface area contributed by atoms with E-state index in [9.17, 15) is 24.8 Å². The van der Waals surface area contributed by atoms with Gasteiger partial charge in [0.2, 0.25) is 6.54 Å². The molecule has 0 aliphatic heterocycles. The van der Waals surface area contributed by atoms with Crippen molar-refractivity contribution in [2.45, 2.75) is 12.7 Å². The van der Waals surface area contributed by atoms with Crippen molar-refractivity contribution in [3.05, 3.63) is 111 Å². The number of hydrogen-bond donors (Lipinski definition) is 1. The number of nitrogens with zero attached hydrogens (tertiary/aromatic N) is 1. The zero-order valence-electron chi connectivity index (χ0n) is 16.3. The minimum Gasteiger partial charge on any atom is -0.457 e. The molecule has 0 aromatic heterocycles. The number of nitro groups is 1. The first kappa shape index (κ1) is 21.7. The summed E-state index contributed by atoms with van der Waals surface area (Å²) in [6.45, 7) is -0.948. The fraction of sp³-hybridized carbons (Fsp3) is 0.130. The number of carbonyl (C=O) groups excluding carboxylic acids is 2. The van der Waals surface area contributed by atoms with E-state index in [0.29, 0.717) is 11.1 Å². The number of rotatable bonds is 8. The molecule has 1 N–H and O–H groups in total. The number of benzene rings is 3. The van der Waals surface area contributed by atoms with E-state index in [1.165, 1.54) is 18.2 Å². The molecule has 3 rings (SSSR count). The molecule has 8 nitrogen and oxygen atoms in total. The van der Waals surface area contributed by atoms with Gasteiger partial charge in [0.15, 0.2) is 0 Å². The number of carbonyl (C=O) groups is 2. The Balaban J connectivity index is 1.83. The SMILES string of the molecule is O=C(OCc1cc(C(O)C[N+](=O)[O-])ccc1OC(=O)c1ccccc1)c1ccccc1. The lowest BCUT2D eigenvalue weighted by molar-refractivity contribution is -0.491. The highest BCUT2D eigenvalue weighted by Crippen LogP contribution is 2.26. The van der Waals surface area contributed by atoms with E-state index in [1.54, 1.807) is 60.7 Å². The Bertz CT molecular complexity index is 1070. The van der Waals surface area contributed by atoms with E-state index < -0.39 is 29.5 Å². The molecule has 8 heteroatoms. The van der Waals surface area contributed by atoms with Crippen molar-refractivity contribution in [2.75, 3.05) is 6.54 Å². The number of ether oxygens (including phenoxy) is 2. The Hall–Kier alpha value is -4.04. The third kappa shape index (κ3) is 5.97. The first-order valence-corrected chi connectivity index (χ1v) is 9.36. The molecule has 1 atom stereocenters. The Morgan fingerprint density at radius 3 is 2.06 bits per heavy atom. The largest absolute Gasteiger partial charge is 0.457 e. The van der Waals surface area contributed by atoms with E-state index in [-0.39, 0.29) is 23.5 Å². The lowest BCUT2D eigenvalue weighted by atomic mass is 10.1. The minimum atomic E-state index is -1.36. The van der Waals surface area contributed by atoms with Crippen LogP contribution in [0.5, 0.6) is 5.75 Å². The molecule has 0 amide bonds. The average Bonchev–Trinajstić information content (AvgIpc) is 2.78. The molecule has 0 bridgehead atoms. The summed E-state index contributed by atoms with van der Waals surface area (Å²) in [4.78, 5) is 34.8. The summed E-state index contributed by atoms with van der Waals surface area (Å²) in [5, 5.41) is 20.8. The maximum absolute atomic E-state index is 12.4. The summed E-state index contributed by atoms with van der Waals surface area (Å²) in [6.07, 6.45) is -1.36. The molecule has 0 fully saturated rings. The highest BCUT2D eigenvalue weighted by atomic mass is 16.6. The number of esters is 2. The Kier molecular flexibility index (Phi) is 7.08. The quantitative estimate of drug-likeness (QED) is 0.256. The number of aliphatic hydroxyl groups excluding tert-OH is 1. The van der Waals surface area contributed by atoms with Crippen molar-refractivity contribution >= 4 is 11.9 Å². The third-order valence-corrected chi connectivity index (χ3v) is 4.37. The van der Waals surface area contributed by atoms with E-state index in [0.717, 1.165) is 0 Å². The highest BCUT2D eigenvalue weighted by molar-refractivity contribution is 5.91. The summed E-state index contributed by atoms with van der Waals surface area (Å²) in [7, 11) is 0. The van der Waals surface area contributed by atoms with Crippen molar-refractivity contribution in [2.24, 2.45) is 0 Å². The molecule has 0 spiro atoms. The second kappa shape index (κ2) is 10.1. The second-order valence-electron chi connectivity index (χ2n) is 6.60. The monoisotopic (exact) mass is 421 g/mol. The van der Waals surface area contributed by atoms with Crippen LogP contribution in [-0.2, 0) is 11.3 Å². The van der Waals surface area contributed by atoms with Gasteiger partial charge in [-0.2, -0.15) is 0 Å². The Morgan fingerprint density at radius 2 is 1.48 bits per heavy atom. The van der Waals surface area contributed by atoms with E-state index in [2.05, 4.69) is 0 Å². The first-order valence-electron chi connectivity index (χ1n) is 9.36. The lowest BCUT2D eigenvalue weighted by Gasteiger charge is -2.14. The van der Waals surface area contributed by atoms with Gasteiger partial charge < -0.3 is 14.6 Å². The van der Waals surface area contributed by atoms with Crippen molar-refractivity contribution in [1.82, 2.24) is 0 Å². The van der Waals surface area contributed by atoms with Gasteiger partial charge in [0.25, 0.3) is 0 Å². The summed E-state index contributed by atoms with van der Waals surface area (Å²) < 4.78 is 10.8. The summed E-state index contributed by atoms with van der Waals surface area (Å²) >= 11 is 0. The van der Waals surface area contributed by atoms with Crippen molar-refractivity contribution in [3.63, 3.8) is 0 Å². The molecule has 0 saturated carbocycles. The van der Waals surface area contributed by atoms with Gasteiger partial charge in [0.05, 0.1) is 11.1 Å². The summed E-state index contributed by atoms with van der Waals surface area (Å²) in [5.74, 6) is -1.08. The predicted molar refractivity (Wildman–Crippen MR) is 110 cm³/mol. The molecule has 3 aromatic carbocycles. The average molecular weight is 421 g/mol. The van der Waals surface area contributed by atoms with Gasteiger partial charge in [-0.3, -0.25) is 10.1 Å². The van der Waals surface area contributed by atoms with Crippen molar-refractivity contribution in [1.29, 1.82) is 0 Å². The van der Waals surface area contributed by atoms with Crippen LogP contribution in [0.25, 0.3) is 0 Å². The first-order chi connectivity index (χ1) is 14.9. The molecule has 158 valence electrons. The molecular weight excluding hydrogens is 402 g/mol.